The number of hydroxylamine groups is 1. The molecule has 0 aliphatic carbocycles. The second-order valence-electron chi connectivity index (χ2n) is 5.76. The first kappa shape index (κ1) is 18.1. The number of nitrogens with zero attached hydrogens (tertiary/aromatic N) is 2. The number of hydrogen-bond acceptors (Lipinski definition) is 4. The molecule has 7 heteroatoms. The molecule has 0 saturated carbocycles. The van der Waals surface area contributed by atoms with Gasteiger partial charge in [-0.3, -0.25) is 14.8 Å². The smallest absolute Gasteiger partial charge is 0.267 e. The number of aryl methyl sites for hydroxylation is 1. The number of anilines is 1. The standard InChI is InChI=1S/C20H18N4O3/c1-14-17(13-24(22-14)16-8-3-2-4-9-16)20(26)21-18-10-6-5-7-15(18)11-12-19(25)23-27/h2-13,27H,1H3,(H,21,26)(H,23,25)/b12-11+. The van der Waals surface area contributed by atoms with Crippen molar-refractivity contribution < 1.29 is 14.8 Å². The van der Waals surface area contributed by atoms with E-state index in [1.165, 1.54) is 17.6 Å². The largest absolute Gasteiger partial charge is 0.321 e. The van der Waals surface area contributed by atoms with Gasteiger partial charge in [0, 0.05) is 18.0 Å². The van der Waals surface area contributed by atoms with E-state index in [1.807, 2.05) is 30.3 Å². The third-order valence-corrected chi connectivity index (χ3v) is 3.90. The highest BCUT2D eigenvalue weighted by Crippen LogP contribution is 2.19. The number of aromatic nitrogens is 2. The number of para-hydroxylation sites is 2. The Morgan fingerprint density at radius 1 is 1.07 bits per heavy atom. The van der Waals surface area contributed by atoms with Gasteiger partial charge in [0.1, 0.15) is 0 Å². The fourth-order valence-electron chi connectivity index (χ4n) is 2.54. The Morgan fingerprint density at radius 3 is 2.52 bits per heavy atom. The monoisotopic (exact) mass is 362 g/mol. The molecule has 1 heterocycles. The van der Waals surface area contributed by atoms with Crippen LogP contribution in [0.3, 0.4) is 0 Å². The van der Waals surface area contributed by atoms with E-state index in [0.717, 1.165) is 5.69 Å². The molecule has 136 valence electrons. The van der Waals surface area contributed by atoms with Gasteiger partial charge in [0.05, 0.1) is 16.9 Å². The van der Waals surface area contributed by atoms with Gasteiger partial charge in [-0.15, -0.1) is 0 Å². The summed E-state index contributed by atoms with van der Waals surface area (Å²) in [4.78, 5) is 23.9. The highest BCUT2D eigenvalue weighted by molar-refractivity contribution is 6.06. The van der Waals surface area contributed by atoms with E-state index in [2.05, 4.69) is 10.4 Å². The Hall–Kier alpha value is -3.71. The van der Waals surface area contributed by atoms with Crippen molar-refractivity contribution in [3.63, 3.8) is 0 Å². The molecule has 0 fully saturated rings. The summed E-state index contributed by atoms with van der Waals surface area (Å²) in [6.07, 6.45) is 4.35. The van der Waals surface area contributed by atoms with Crippen LogP contribution >= 0.6 is 0 Å². The van der Waals surface area contributed by atoms with Crippen LogP contribution in [-0.2, 0) is 4.79 Å². The van der Waals surface area contributed by atoms with Crippen molar-refractivity contribution in [1.29, 1.82) is 0 Å². The molecule has 3 rings (SSSR count). The maximum Gasteiger partial charge on any atom is 0.267 e. The van der Waals surface area contributed by atoms with Crippen molar-refractivity contribution in [3.8, 4) is 5.69 Å². The lowest BCUT2D eigenvalue weighted by atomic mass is 10.1. The lowest BCUT2D eigenvalue weighted by Gasteiger charge is -2.08. The highest BCUT2D eigenvalue weighted by Gasteiger charge is 2.15. The lowest BCUT2D eigenvalue weighted by molar-refractivity contribution is -0.124. The van der Waals surface area contributed by atoms with Gasteiger partial charge in [-0.25, -0.2) is 10.2 Å². The van der Waals surface area contributed by atoms with E-state index in [4.69, 9.17) is 5.21 Å². The van der Waals surface area contributed by atoms with Crippen molar-refractivity contribution in [2.45, 2.75) is 6.92 Å². The average Bonchev–Trinajstić information content (AvgIpc) is 3.09. The molecule has 0 radical (unpaired) electrons. The predicted octanol–water partition coefficient (Wildman–Crippen LogP) is 2.95. The fraction of sp³-hybridized carbons (Fsp3) is 0.0500. The quantitative estimate of drug-likeness (QED) is 0.369. The normalized spacial score (nSPS) is 10.7. The van der Waals surface area contributed by atoms with Crippen LogP contribution in [0.1, 0.15) is 21.6 Å². The third kappa shape index (κ3) is 4.28. The molecule has 3 N–H and O–H groups in total. The second kappa shape index (κ2) is 8.11. The lowest BCUT2D eigenvalue weighted by Crippen LogP contribution is -2.15. The molecule has 2 amide bonds. The molecular formula is C20H18N4O3. The van der Waals surface area contributed by atoms with Crippen LogP contribution in [0.25, 0.3) is 11.8 Å². The number of carbonyl (C=O) groups excluding carboxylic acids is 2. The first-order chi connectivity index (χ1) is 13.1. The zero-order chi connectivity index (χ0) is 19.2. The average molecular weight is 362 g/mol. The fourth-order valence-corrected chi connectivity index (χ4v) is 2.54. The summed E-state index contributed by atoms with van der Waals surface area (Å²) in [6.45, 7) is 1.77. The van der Waals surface area contributed by atoms with Gasteiger partial charge in [-0.05, 0) is 36.8 Å². The summed E-state index contributed by atoms with van der Waals surface area (Å²) in [6, 6.07) is 16.6. The minimum Gasteiger partial charge on any atom is -0.321 e. The van der Waals surface area contributed by atoms with E-state index in [-0.39, 0.29) is 5.91 Å². The Morgan fingerprint density at radius 2 is 1.78 bits per heavy atom. The van der Waals surface area contributed by atoms with Gasteiger partial charge in [0.15, 0.2) is 0 Å². The summed E-state index contributed by atoms with van der Waals surface area (Å²) in [5, 5.41) is 15.8. The van der Waals surface area contributed by atoms with Crippen LogP contribution in [0, 0.1) is 6.92 Å². The van der Waals surface area contributed by atoms with Gasteiger partial charge >= 0.3 is 0 Å². The van der Waals surface area contributed by atoms with E-state index >= 15 is 0 Å². The molecule has 3 aromatic rings. The third-order valence-electron chi connectivity index (χ3n) is 3.90. The van der Waals surface area contributed by atoms with Gasteiger partial charge in [-0.2, -0.15) is 5.10 Å². The minimum absolute atomic E-state index is 0.304. The molecule has 0 bridgehead atoms. The van der Waals surface area contributed by atoms with Crippen molar-refractivity contribution in [1.82, 2.24) is 15.3 Å². The maximum atomic E-state index is 12.7. The van der Waals surface area contributed by atoms with Gasteiger partial charge < -0.3 is 5.32 Å². The molecule has 0 atom stereocenters. The Balaban J connectivity index is 1.84. The predicted molar refractivity (Wildman–Crippen MR) is 102 cm³/mol. The molecule has 0 aliphatic rings. The number of rotatable bonds is 5. The highest BCUT2D eigenvalue weighted by atomic mass is 16.5. The molecule has 2 aromatic carbocycles. The Kier molecular flexibility index (Phi) is 5.44. The SMILES string of the molecule is Cc1nn(-c2ccccc2)cc1C(=O)Nc1ccccc1/C=C/C(=O)NO. The van der Waals surface area contributed by atoms with Crippen LogP contribution in [0.2, 0.25) is 0 Å². The summed E-state index contributed by atoms with van der Waals surface area (Å²) in [7, 11) is 0. The van der Waals surface area contributed by atoms with Crippen molar-refractivity contribution in [2.75, 3.05) is 5.32 Å². The van der Waals surface area contributed by atoms with Crippen LogP contribution in [0.4, 0.5) is 5.69 Å². The van der Waals surface area contributed by atoms with E-state index < -0.39 is 5.91 Å². The summed E-state index contributed by atoms with van der Waals surface area (Å²) < 4.78 is 1.65. The number of nitrogens with one attached hydrogen (secondary N) is 2. The van der Waals surface area contributed by atoms with Gasteiger partial charge in [-0.1, -0.05) is 36.4 Å². The summed E-state index contributed by atoms with van der Waals surface area (Å²) in [5.74, 6) is -0.960. The zero-order valence-electron chi connectivity index (χ0n) is 14.6. The van der Waals surface area contributed by atoms with Crippen molar-refractivity contribution in [3.05, 3.63) is 83.7 Å². The van der Waals surface area contributed by atoms with Gasteiger partial charge in [0.2, 0.25) is 0 Å². The van der Waals surface area contributed by atoms with E-state index in [1.54, 1.807) is 42.1 Å². The second-order valence-corrected chi connectivity index (χ2v) is 5.76. The Labute approximate surface area is 155 Å². The zero-order valence-corrected chi connectivity index (χ0v) is 14.6. The van der Waals surface area contributed by atoms with Crippen LogP contribution in [0.15, 0.2) is 66.9 Å². The number of benzene rings is 2. The molecule has 1 aromatic heterocycles. The molecular weight excluding hydrogens is 344 g/mol. The van der Waals surface area contributed by atoms with Crippen molar-refractivity contribution in [2.24, 2.45) is 0 Å². The molecule has 0 saturated heterocycles. The maximum absolute atomic E-state index is 12.7. The van der Waals surface area contributed by atoms with Gasteiger partial charge in [0.25, 0.3) is 11.8 Å². The first-order valence-electron chi connectivity index (χ1n) is 8.22. The van der Waals surface area contributed by atoms with E-state index in [9.17, 15) is 9.59 Å². The van der Waals surface area contributed by atoms with E-state index in [0.29, 0.717) is 22.5 Å². The first-order valence-corrected chi connectivity index (χ1v) is 8.22. The molecule has 0 unspecified atom stereocenters. The number of amides is 2. The molecule has 0 spiro atoms. The summed E-state index contributed by atoms with van der Waals surface area (Å²) in [5.41, 5.74) is 4.60. The van der Waals surface area contributed by atoms with Crippen LogP contribution < -0.4 is 10.8 Å². The minimum atomic E-state index is -0.656. The number of carbonyl (C=O) groups is 2. The Bertz CT molecular complexity index is 993. The summed E-state index contributed by atoms with van der Waals surface area (Å²) >= 11 is 0. The molecule has 7 nitrogen and oxygen atoms in total. The number of hydrogen-bond donors (Lipinski definition) is 3. The van der Waals surface area contributed by atoms with Crippen LogP contribution in [0.5, 0.6) is 0 Å². The van der Waals surface area contributed by atoms with Crippen LogP contribution in [-0.4, -0.2) is 26.8 Å². The topological polar surface area (TPSA) is 96.2 Å². The van der Waals surface area contributed by atoms with Crippen molar-refractivity contribution >= 4 is 23.6 Å². The molecule has 27 heavy (non-hydrogen) atoms. The molecule has 0 aliphatic heterocycles.